The predicted octanol–water partition coefficient (Wildman–Crippen LogP) is 3.19. The molecule has 0 saturated carbocycles. The molecule has 0 heterocycles. The van der Waals surface area contributed by atoms with Crippen LogP contribution < -0.4 is 10.1 Å². The van der Waals surface area contributed by atoms with Gasteiger partial charge in [-0.1, -0.05) is 24.3 Å². The minimum absolute atomic E-state index is 0.155. The molecular weight excluding hydrogens is 226 g/mol. The molecule has 3 heteroatoms. The zero-order valence-corrected chi connectivity index (χ0v) is 10.2. The lowest BCUT2D eigenvalue weighted by atomic mass is 10.2. The van der Waals surface area contributed by atoms with Gasteiger partial charge >= 0.3 is 0 Å². The summed E-state index contributed by atoms with van der Waals surface area (Å²) in [5.41, 5.74) is 2.03. The smallest absolute Gasteiger partial charge is 0.121 e. The Labute approximate surface area is 107 Å². The Morgan fingerprint density at radius 1 is 0.944 bits per heavy atom. The maximum atomic E-state index is 8.70. The van der Waals surface area contributed by atoms with Gasteiger partial charge in [0.1, 0.15) is 5.75 Å². The lowest BCUT2D eigenvalue weighted by Gasteiger charge is -2.09. The third-order valence-electron chi connectivity index (χ3n) is 2.47. The Kier molecular flexibility index (Phi) is 4.61. The normalized spacial score (nSPS) is 10.1. The Morgan fingerprint density at radius 2 is 1.72 bits per heavy atom. The van der Waals surface area contributed by atoms with Gasteiger partial charge in [-0.15, -0.1) is 0 Å². The van der Waals surface area contributed by atoms with Crippen LogP contribution in [0.1, 0.15) is 6.42 Å². The van der Waals surface area contributed by atoms with Crippen LogP contribution in [0.4, 0.5) is 11.4 Å². The quantitative estimate of drug-likeness (QED) is 0.766. The molecule has 0 saturated heterocycles. The van der Waals surface area contributed by atoms with E-state index in [0.29, 0.717) is 13.0 Å². The zero-order valence-electron chi connectivity index (χ0n) is 10.2. The highest BCUT2D eigenvalue weighted by Crippen LogP contribution is 2.21. The Morgan fingerprint density at radius 3 is 2.50 bits per heavy atom. The van der Waals surface area contributed by atoms with Crippen molar-refractivity contribution in [2.45, 2.75) is 6.42 Å². The van der Waals surface area contributed by atoms with Crippen molar-refractivity contribution in [2.24, 2.45) is 0 Å². The molecule has 2 N–H and O–H groups in total. The fourth-order valence-corrected chi connectivity index (χ4v) is 1.61. The lowest BCUT2D eigenvalue weighted by molar-refractivity contribution is 0.233. The number of aliphatic hydroxyl groups excluding tert-OH is 1. The molecule has 2 rings (SSSR count). The molecule has 3 nitrogen and oxygen atoms in total. The number of rotatable bonds is 6. The maximum Gasteiger partial charge on any atom is 0.121 e. The summed E-state index contributed by atoms with van der Waals surface area (Å²) in [6.45, 7) is 0.688. The van der Waals surface area contributed by atoms with Crippen LogP contribution in [0.5, 0.6) is 5.75 Å². The zero-order chi connectivity index (χ0) is 12.6. The highest BCUT2D eigenvalue weighted by molar-refractivity contribution is 5.60. The molecule has 0 fully saturated rings. The van der Waals surface area contributed by atoms with E-state index in [1.807, 2.05) is 54.6 Å². The molecule has 0 aliphatic rings. The molecular formula is C15H17NO2. The number of para-hydroxylation sites is 1. The summed E-state index contributed by atoms with van der Waals surface area (Å²) in [4.78, 5) is 0. The molecule has 0 atom stereocenters. The highest BCUT2D eigenvalue weighted by atomic mass is 16.5. The molecule has 2 aromatic carbocycles. The fraction of sp³-hybridized carbons (Fsp3) is 0.200. The van der Waals surface area contributed by atoms with Crippen molar-refractivity contribution >= 4 is 11.4 Å². The average Bonchev–Trinajstić information content (AvgIpc) is 2.41. The van der Waals surface area contributed by atoms with Gasteiger partial charge in [-0.2, -0.15) is 0 Å². The van der Waals surface area contributed by atoms with Crippen LogP contribution in [-0.4, -0.2) is 18.3 Å². The number of benzene rings is 2. The first-order valence-corrected chi connectivity index (χ1v) is 6.04. The molecule has 0 aliphatic carbocycles. The van der Waals surface area contributed by atoms with Gasteiger partial charge in [-0.25, -0.2) is 0 Å². The van der Waals surface area contributed by atoms with Crippen molar-refractivity contribution in [3.63, 3.8) is 0 Å². The van der Waals surface area contributed by atoms with Crippen LogP contribution in [-0.2, 0) is 0 Å². The Hall–Kier alpha value is -2.00. The monoisotopic (exact) mass is 243 g/mol. The van der Waals surface area contributed by atoms with E-state index in [9.17, 15) is 0 Å². The SMILES string of the molecule is OCCCOc1cccc(Nc2ccccc2)c1. The number of hydrogen-bond acceptors (Lipinski definition) is 3. The van der Waals surface area contributed by atoms with Gasteiger partial charge in [0.05, 0.1) is 6.61 Å². The summed E-state index contributed by atoms with van der Waals surface area (Å²) < 4.78 is 5.52. The van der Waals surface area contributed by atoms with Gasteiger partial charge in [-0.05, 0) is 24.3 Å². The second-order valence-corrected chi connectivity index (χ2v) is 3.94. The largest absolute Gasteiger partial charge is 0.493 e. The summed E-state index contributed by atoms with van der Waals surface area (Å²) in [5.74, 6) is 0.810. The molecule has 0 spiro atoms. The van der Waals surface area contributed by atoms with Gasteiger partial charge in [0, 0.05) is 30.5 Å². The van der Waals surface area contributed by atoms with Crippen molar-refractivity contribution < 1.29 is 9.84 Å². The first kappa shape index (κ1) is 12.5. The highest BCUT2D eigenvalue weighted by Gasteiger charge is 1.97. The van der Waals surface area contributed by atoms with Crippen molar-refractivity contribution in [1.29, 1.82) is 0 Å². The van der Waals surface area contributed by atoms with Crippen LogP contribution in [0.15, 0.2) is 54.6 Å². The molecule has 0 unspecified atom stereocenters. The second kappa shape index (κ2) is 6.67. The summed E-state index contributed by atoms with van der Waals surface area (Å²) in [6.07, 6.45) is 0.649. The van der Waals surface area contributed by atoms with Crippen LogP contribution in [0, 0.1) is 0 Å². The molecule has 0 radical (unpaired) electrons. The van der Waals surface area contributed by atoms with Crippen LogP contribution >= 0.6 is 0 Å². The Bertz CT molecular complexity index is 471. The van der Waals surface area contributed by atoms with E-state index in [4.69, 9.17) is 9.84 Å². The average molecular weight is 243 g/mol. The molecule has 0 bridgehead atoms. The van der Waals surface area contributed by atoms with E-state index in [1.165, 1.54) is 0 Å². The molecule has 94 valence electrons. The Balaban J connectivity index is 1.99. The first-order chi connectivity index (χ1) is 8.88. The number of anilines is 2. The molecule has 0 aliphatic heterocycles. The van der Waals surface area contributed by atoms with E-state index >= 15 is 0 Å². The van der Waals surface area contributed by atoms with Crippen molar-refractivity contribution in [3.8, 4) is 5.75 Å². The van der Waals surface area contributed by atoms with Gasteiger partial charge < -0.3 is 15.2 Å². The van der Waals surface area contributed by atoms with Gasteiger partial charge in [-0.3, -0.25) is 0 Å². The van der Waals surface area contributed by atoms with Gasteiger partial charge in [0.15, 0.2) is 0 Å². The number of nitrogens with one attached hydrogen (secondary N) is 1. The van der Waals surface area contributed by atoms with Crippen molar-refractivity contribution in [1.82, 2.24) is 0 Å². The lowest BCUT2D eigenvalue weighted by Crippen LogP contribution is -2.00. The van der Waals surface area contributed by atoms with Crippen molar-refractivity contribution in [2.75, 3.05) is 18.5 Å². The van der Waals surface area contributed by atoms with E-state index in [0.717, 1.165) is 17.1 Å². The predicted molar refractivity (Wildman–Crippen MR) is 73.4 cm³/mol. The van der Waals surface area contributed by atoms with E-state index in [1.54, 1.807) is 0 Å². The number of hydrogen-bond donors (Lipinski definition) is 2. The van der Waals surface area contributed by atoms with E-state index in [2.05, 4.69) is 5.32 Å². The molecule has 0 aromatic heterocycles. The number of ether oxygens (including phenoxy) is 1. The third-order valence-corrected chi connectivity index (χ3v) is 2.47. The molecule has 18 heavy (non-hydrogen) atoms. The van der Waals surface area contributed by atoms with E-state index < -0.39 is 0 Å². The standard InChI is InChI=1S/C15H17NO2/c17-10-5-11-18-15-9-4-8-14(12-15)16-13-6-2-1-3-7-13/h1-4,6-9,12,16-17H,5,10-11H2. The fourth-order valence-electron chi connectivity index (χ4n) is 1.61. The first-order valence-electron chi connectivity index (χ1n) is 6.04. The second-order valence-electron chi connectivity index (χ2n) is 3.94. The van der Waals surface area contributed by atoms with Crippen molar-refractivity contribution in [3.05, 3.63) is 54.6 Å². The van der Waals surface area contributed by atoms with Gasteiger partial charge in [0.2, 0.25) is 0 Å². The van der Waals surface area contributed by atoms with Crippen LogP contribution in [0.25, 0.3) is 0 Å². The van der Waals surface area contributed by atoms with E-state index in [-0.39, 0.29) is 6.61 Å². The summed E-state index contributed by atoms with van der Waals surface area (Å²) >= 11 is 0. The van der Waals surface area contributed by atoms with Crippen LogP contribution in [0.3, 0.4) is 0 Å². The minimum Gasteiger partial charge on any atom is -0.493 e. The maximum absolute atomic E-state index is 8.70. The van der Waals surface area contributed by atoms with Crippen LogP contribution in [0.2, 0.25) is 0 Å². The molecule has 2 aromatic rings. The van der Waals surface area contributed by atoms with Gasteiger partial charge in [0.25, 0.3) is 0 Å². The summed E-state index contributed by atoms with van der Waals surface area (Å²) in [5, 5.41) is 12.0. The minimum atomic E-state index is 0.155. The molecule has 0 amide bonds. The third kappa shape index (κ3) is 3.79. The summed E-state index contributed by atoms with van der Waals surface area (Å²) in [7, 11) is 0. The summed E-state index contributed by atoms with van der Waals surface area (Å²) in [6, 6.07) is 17.8. The number of aliphatic hydroxyl groups is 1. The topological polar surface area (TPSA) is 41.5 Å².